The molecule has 0 aliphatic carbocycles. The van der Waals surface area contributed by atoms with Crippen LogP contribution >= 0.6 is 8.25 Å². The summed E-state index contributed by atoms with van der Waals surface area (Å²) in [7, 11) is -2.87. The summed E-state index contributed by atoms with van der Waals surface area (Å²) in [4.78, 5) is 14.2. The summed E-state index contributed by atoms with van der Waals surface area (Å²) in [5.74, 6) is 0. The summed E-state index contributed by atoms with van der Waals surface area (Å²) in [6.07, 6.45) is 2.13. The molecule has 0 aromatic carbocycles. The molecule has 6 heteroatoms. The third-order valence-corrected chi connectivity index (χ3v) is 0.658. The Labute approximate surface area is 61.0 Å². The number of hydrogen-bond donors (Lipinski definition) is 4. The lowest BCUT2D eigenvalue weighted by Gasteiger charge is -1.87. The van der Waals surface area contributed by atoms with Gasteiger partial charge < -0.3 is 11.5 Å². The molecule has 0 bridgehead atoms. The molecule has 0 aliphatic rings. The van der Waals surface area contributed by atoms with Gasteiger partial charge in [-0.2, -0.15) is 0 Å². The van der Waals surface area contributed by atoms with E-state index in [-0.39, 0.29) is 0 Å². The zero-order valence-corrected chi connectivity index (χ0v) is 6.63. The van der Waals surface area contributed by atoms with E-state index in [1.165, 1.54) is 0 Å². The molecule has 0 saturated heterocycles. The molecule has 0 unspecified atom stereocenters. The molecule has 0 heterocycles. The van der Waals surface area contributed by atoms with Crippen LogP contribution in [0.3, 0.4) is 0 Å². The molecular formula is C4H14N2O3P+. The van der Waals surface area contributed by atoms with Crippen LogP contribution in [0.5, 0.6) is 0 Å². The highest BCUT2D eigenvalue weighted by molar-refractivity contribution is 7.30. The first-order chi connectivity index (χ1) is 4.65. The van der Waals surface area contributed by atoms with Gasteiger partial charge in [0.2, 0.25) is 0 Å². The van der Waals surface area contributed by atoms with Crippen molar-refractivity contribution in [2.45, 2.75) is 12.8 Å². The number of unbranched alkanes of at least 4 members (excludes halogenated alkanes) is 1. The van der Waals surface area contributed by atoms with Crippen molar-refractivity contribution in [1.82, 2.24) is 0 Å². The number of rotatable bonds is 3. The monoisotopic (exact) mass is 169 g/mol. The molecule has 6 N–H and O–H groups in total. The maximum atomic E-state index is 8.70. The highest BCUT2D eigenvalue weighted by Gasteiger charge is 1.93. The maximum absolute atomic E-state index is 8.70. The van der Waals surface area contributed by atoms with Gasteiger partial charge in [0.1, 0.15) is 0 Å². The molecule has 0 aliphatic heterocycles. The van der Waals surface area contributed by atoms with Crippen LogP contribution in [0.15, 0.2) is 0 Å². The Morgan fingerprint density at radius 2 is 1.30 bits per heavy atom. The zero-order valence-electron chi connectivity index (χ0n) is 5.73. The second-order valence-electron chi connectivity index (χ2n) is 1.54. The van der Waals surface area contributed by atoms with Crippen LogP contribution in [0.1, 0.15) is 12.8 Å². The van der Waals surface area contributed by atoms with Gasteiger partial charge >= 0.3 is 8.25 Å². The van der Waals surface area contributed by atoms with E-state index in [0.29, 0.717) is 0 Å². The van der Waals surface area contributed by atoms with Gasteiger partial charge in [-0.25, -0.2) is 0 Å². The van der Waals surface area contributed by atoms with Crippen LogP contribution in [0, 0.1) is 0 Å². The second kappa shape index (κ2) is 11.7. The fourth-order valence-electron chi connectivity index (χ4n) is 0.289. The Morgan fingerprint density at radius 3 is 1.40 bits per heavy atom. The Balaban J connectivity index is 0. The van der Waals surface area contributed by atoms with Gasteiger partial charge in [0.05, 0.1) is 0 Å². The Kier molecular flexibility index (Phi) is 14.7. The third kappa shape index (κ3) is 44.2. The predicted molar refractivity (Wildman–Crippen MR) is 39.4 cm³/mol. The molecule has 0 rings (SSSR count). The van der Waals surface area contributed by atoms with E-state index in [1.54, 1.807) is 0 Å². The topological polar surface area (TPSA) is 110 Å². The van der Waals surface area contributed by atoms with Gasteiger partial charge in [0, 0.05) is 4.57 Å². The molecule has 0 aromatic rings. The van der Waals surface area contributed by atoms with E-state index >= 15 is 0 Å². The van der Waals surface area contributed by atoms with Crippen molar-refractivity contribution in [3.8, 4) is 0 Å². The standard InChI is InChI=1S/C4H12N2.HO3P/c5-3-1-2-4-6;1-4(2)3/h1-6H2;(H-,1,2,3)/p+1. The Hall–Kier alpha value is -0.0600. The summed E-state index contributed by atoms with van der Waals surface area (Å²) in [5.41, 5.74) is 10.3. The third-order valence-electron chi connectivity index (χ3n) is 0.658. The van der Waals surface area contributed by atoms with Crippen LogP contribution in [-0.4, -0.2) is 22.9 Å². The van der Waals surface area contributed by atoms with Gasteiger partial charge in [0.25, 0.3) is 0 Å². The Morgan fingerprint density at radius 1 is 1.10 bits per heavy atom. The summed E-state index contributed by atoms with van der Waals surface area (Å²) >= 11 is 0. The van der Waals surface area contributed by atoms with Gasteiger partial charge in [-0.05, 0) is 25.9 Å². The molecule has 0 radical (unpaired) electrons. The van der Waals surface area contributed by atoms with Crippen molar-refractivity contribution in [2.75, 3.05) is 13.1 Å². The van der Waals surface area contributed by atoms with Gasteiger partial charge in [-0.1, -0.05) is 0 Å². The van der Waals surface area contributed by atoms with E-state index in [9.17, 15) is 0 Å². The molecule has 0 atom stereocenters. The molecular weight excluding hydrogens is 155 g/mol. The van der Waals surface area contributed by atoms with E-state index in [1.807, 2.05) is 0 Å². The largest absolute Gasteiger partial charge is 0.692 e. The predicted octanol–water partition coefficient (Wildman–Crippen LogP) is -0.688. The first-order valence-corrected chi connectivity index (χ1v) is 4.06. The van der Waals surface area contributed by atoms with Crippen molar-refractivity contribution in [3.05, 3.63) is 0 Å². The van der Waals surface area contributed by atoms with Crippen molar-refractivity contribution in [1.29, 1.82) is 0 Å². The minimum absolute atomic E-state index is 0.775. The second-order valence-corrected chi connectivity index (χ2v) is 2.04. The van der Waals surface area contributed by atoms with Crippen LogP contribution < -0.4 is 11.5 Å². The minimum Gasteiger partial charge on any atom is -0.330 e. The first kappa shape index (κ1) is 12.6. The SMILES string of the molecule is NCCCCN.O=[P+](O)O. The average molecular weight is 169 g/mol. The molecule has 5 nitrogen and oxygen atoms in total. The van der Waals surface area contributed by atoms with Gasteiger partial charge in [-0.3, -0.25) is 0 Å². The van der Waals surface area contributed by atoms with Crippen LogP contribution in [0.25, 0.3) is 0 Å². The number of hydrogen-bond acceptors (Lipinski definition) is 3. The fraction of sp³-hybridized carbons (Fsp3) is 1.00. The van der Waals surface area contributed by atoms with E-state index in [0.717, 1.165) is 25.9 Å². The van der Waals surface area contributed by atoms with E-state index in [2.05, 4.69) is 0 Å². The summed E-state index contributed by atoms with van der Waals surface area (Å²) in [6.45, 7) is 1.55. The molecule has 0 saturated carbocycles. The average Bonchev–Trinajstić information content (AvgIpc) is 1.82. The minimum atomic E-state index is -2.87. The van der Waals surface area contributed by atoms with Crippen molar-refractivity contribution >= 4 is 8.25 Å². The van der Waals surface area contributed by atoms with Crippen LogP contribution in [-0.2, 0) is 4.57 Å². The maximum Gasteiger partial charge on any atom is 0.692 e. The lowest BCUT2D eigenvalue weighted by molar-refractivity contribution is 0.405. The Bertz CT molecular complexity index is 72.9. The molecule has 0 fully saturated rings. The molecule has 0 spiro atoms. The zero-order chi connectivity index (χ0) is 8.41. The normalized spacial score (nSPS) is 8.00. The molecule has 62 valence electrons. The van der Waals surface area contributed by atoms with Crippen molar-refractivity contribution in [2.24, 2.45) is 11.5 Å². The number of nitrogens with two attached hydrogens (primary N) is 2. The van der Waals surface area contributed by atoms with Crippen LogP contribution in [0.4, 0.5) is 0 Å². The highest BCUT2D eigenvalue weighted by atomic mass is 31.1. The lowest BCUT2D eigenvalue weighted by atomic mass is 10.3. The van der Waals surface area contributed by atoms with E-state index < -0.39 is 8.25 Å². The van der Waals surface area contributed by atoms with Crippen molar-refractivity contribution < 1.29 is 14.4 Å². The highest BCUT2D eigenvalue weighted by Crippen LogP contribution is 1.98. The fourth-order valence-corrected chi connectivity index (χ4v) is 0.289. The quantitative estimate of drug-likeness (QED) is 0.330. The summed E-state index contributed by atoms with van der Waals surface area (Å²) < 4.78 is 8.70. The van der Waals surface area contributed by atoms with Crippen LogP contribution in [0.2, 0.25) is 0 Å². The molecule has 10 heavy (non-hydrogen) atoms. The smallest absolute Gasteiger partial charge is 0.330 e. The summed E-state index contributed by atoms with van der Waals surface area (Å²) in [6, 6.07) is 0. The van der Waals surface area contributed by atoms with E-state index in [4.69, 9.17) is 25.8 Å². The first-order valence-electron chi connectivity index (χ1n) is 2.90. The molecule has 0 amide bonds. The lowest BCUT2D eigenvalue weighted by Crippen LogP contribution is -2.03. The van der Waals surface area contributed by atoms with Gasteiger partial charge in [0.15, 0.2) is 0 Å². The molecule has 0 aromatic heterocycles. The summed E-state index contributed by atoms with van der Waals surface area (Å²) in [5, 5.41) is 0. The van der Waals surface area contributed by atoms with Crippen molar-refractivity contribution in [3.63, 3.8) is 0 Å². The van der Waals surface area contributed by atoms with Gasteiger partial charge in [-0.15, -0.1) is 9.79 Å².